The van der Waals surface area contributed by atoms with Crippen LogP contribution in [0.1, 0.15) is 106 Å². The highest BCUT2D eigenvalue weighted by Crippen LogP contribution is 2.43. The minimum Gasteiger partial charge on any atom is -0.468 e. The van der Waals surface area contributed by atoms with Gasteiger partial charge < -0.3 is 33.9 Å². The molecule has 3 atom stereocenters. The summed E-state index contributed by atoms with van der Waals surface area (Å²) >= 11 is 0. The third-order valence-electron chi connectivity index (χ3n) is 13.6. The smallest absolute Gasteiger partial charge is 0.319 e. The van der Waals surface area contributed by atoms with E-state index in [0.717, 1.165) is 45.2 Å². The van der Waals surface area contributed by atoms with E-state index < -0.39 is 25.3 Å². The Hall–Kier alpha value is -4.46. The number of carbonyl (C=O) groups excluding carboxylic acids is 1. The van der Waals surface area contributed by atoms with Crippen molar-refractivity contribution in [2.75, 3.05) is 64.8 Å². The number of ether oxygens (including phenoxy) is 5. The van der Waals surface area contributed by atoms with Crippen molar-refractivity contribution in [2.24, 2.45) is 0 Å². The Morgan fingerprint density at radius 2 is 1.70 bits per heavy atom. The number of carbonyl (C=O) groups is 1. The number of nitrogens with zero attached hydrogens (tertiary/aromatic N) is 5. The number of benzene rings is 2. The first-order valence-electron chi connectivity index (χ1n) is 23.9. The fourth-order valence-corrected chi connectivity index (χ4v) is 15.8. The zero-order chi connectivity index (χ0) is 47.3. The molecule has 2 aromatic carbocycles. The summed E-state index contributed by atoms with van der Waals surface area (Å²) in [7, 11) is -0.762. The van der Waals surface area contributed by atoms with Crippen LogP contribution in [-0.4, -0.2) is 118 Å². The lowest BCUT2D eigenvalue weighted by Crippen LogP contribution is -2.51. The molecule has 3 aliphatic heterocycles. The number of rotatable bonds is 18. The number of piperazine rings is 1. The fourth-order valence-electron chi connectivity index (χ4n) is 10.6. The quantitative estimate of drug-likeness (QED) is 0.0337. The van der Waals surface area contributed by atoms with Crippen LogP contribution in [0, 0.1) is 23.1 Å². The van der Waals surface area contributed by atoms with E-state index in [2.05, 4.69) is 68.1 Å². The molecular formula is C51H70F2N6O6Si. The van der Waals surface area contributed by atoms with Gasteiger partial charge in [-0.3, -0.25) is 14.7 Å². The van der Waals surface area contributed by atoms with E-state index in [1.165, 1.54) is 13.2 Å². The Bertz CT molecular complexity index is 2380. The summed E-state index contributed by atoms with van der Waals surface area (Å²) in [5, 5.41) is 5.25. The summed E-state index contributed by atoms with van der Waals surface area (Å²) in [6.07, 6.45) is 6.73. The lowest BCUT2D eigenvalue weighted by Gasteiger charge is -2.38. The first kappa shape index (κ1) is 49.4. The van der Waals surface area contributed by atoms with Crippen molar-refractivity contribution >= 4 is 41.5 Å². The van der Waals surface area contributed by atoms with Crippen LogP contribution in [-0.2, 0) is 19.0 Å². The van der Waals surface area contributed by atoms with Gasteiger partial charge in [-0.1, -0.05) is 53.5 Å². The molecule has 2 aromatic heterocycles. The summed E-state index contributed by atoms with van der Waals surface area (Å²) in [4.78, 5) is 31.2. The van der Waals surface area contributed by atoms with Crippen LogP contribution < -0.4 is 19.7 Å². The van der Waals surface area contributed by atoms with Gasteiger partial charge in [0.15, 0.2) is 12.6 Å². The van der Waals surface area contributed by atoms with Crippen LogP contribution in [0.2, 0.25) is 16.6 Å². The van der Waals surface area contributed by atoms with E-state index in [1.807, 2.05) is 20.8 Å². The van der Waals surface area contributed by atoms with Crippen molar-refractivity contribution < 1.29 is 37.3 Å². The van der Waals surface area contributed by atoms with Gasteiger partial charge in [0.25, 0.3) is 0 Å². The molecule has 0 saturated carbocycles. The second-order valence-electron chi connectivity index (χ2n) is 20.2. The zero-order valence-corrected chi connectivity index (χ0v) is 41.7. The SMILES string of the molecule is COCOc1cc(-c2ncc3c(N4CC5CCC(C4)N5)nc(OC[C@@H]4CCCN4CCCOCCC(=O)OC(C)(C)C)nc3c2F)c2c(C#C[Si](C(C)C)(C(C)C)C(C)C)c(F)ccc2c1. The summed E-state index contributed by atoms with van der Waals surface area (Å²) in [6.45, 7) is 23.2. The van der Waals surface area contributed by atoms with E-state index >= 15 is 8.78 Å². The highest BCUT2D eigenvalue weighted by molar-refractivity contribution is 6.90. The van der Waals surface area contributed by atoms with Crippen molar-refractivity contribution in [3.63, 3.8) is 0 Å². The highest BCUT2D eigenvalue weighted by Gasteiger charge is 2.42. The zero-order valence-electron chi connectivity index (χ0n) is 40.7. The molecule has 5 heterocycles. The molecule has 1 N–H and O–H groups in total. The number of hydrogen-bond acceptors (Lipinski definition) is 12. The minimum atomic E-state index is -2.29. The lowest BCUT2D eigenvalue weighted by molar-refractivity contribution is -0.156. The predicted octanol–water partition coefficient (Wildman–Crippen LogP) is 9.60. The molecule has 3 aliphatic rings. The number of aromatic nitrogens is 3. The number of pyridine rings is 1. The molecule has 3 fully saturated rings. The van der Waals surface area contributed by atoms with Crippen molar-refractivity contribution in [2.45, 2.75) is 141 Å². The molecule has 0 spiro atoms. The minimum absolute atomic E-state index is 0.00429. The van der Waals surface area contributed by atoms with Gasteiger partial charge in [-0.25, -0.2) is 8.78 Å². The molecule has 2 unspecified atom stereocenters. The van der Waals surface area contributed by atoms with Gasteiger partial charge in [-0.15, -0.1) is 5.54 Å². The predicted molar refractivity (Wildman–Crippen MR) is 259 cm³/mol. The lowest BCUT2D eigenvalue weighted by atomic mass is 9.95. The molecule has 66 heavy (non-hydrogen) atoms. The first-order valence-corrected chi connectivity index (χ1v) is 26.2. The standard InChI is InChI=1S/C51H70F2N6O6Si/c1-32(2)66(33(3)4,34(5)6)24-19-40-43(52)17-14-35-25-39(64-31-61-10)26-41(45(35)40)47-46(53)48-42(27-54-47)49(59-28-36-15-16-37(29-59)55-36)57-50(56-48)63-30-38-13-11-20-58(38)21-12-22-62-23-18-44(60)65-51(7,8)9/h14,17,25-27,32-34,36-38,55H,11-13,15-16,18,20-23,28-31H2,1-10H3/t36?,37?,38-/m0/s1. The number of hydrogen-bond donors (Lipinski definition) is 1. The molecular weight excluding hydrogens is 859 g/mol. The number of methoxy groups -OCH3 is 1. The Morgan fingerprint density at radius 3 is 2.38 bits per heavy atom. The van der Waals surface area contributed by atoms with Crippen molar-refractivity contribution in [3.8, 4) is 34.5 Å². The number of nitrogens with one attached hydrogen (secondary N) is 1. The van der Waals surface area contributed by atoms with Crippen LogP contribution in [0.5, 0.6) is 11.8 Å². The third kappa shape index (κ3) is 11.1. The maximum atomic E-state index is 17.8. The van der Waals surface area contributed by atoms with Crippen molar-refractivity contribution in [1.82, 2.24) is 25.2 Å². The van der Waals surface area contributed by atoms with Crippen LogP contribution in [0.3, 0.4) is 0 Å². The highest BCUT2D eigenvalue weighted by atomic mass is 28.3. The number of likely N-dealkylation sites (tertiary alicyclic amines) is 1. The molecule has 15 heteroatoms. The van der Waals surface area contributed by atoms with Gasteiger partial charge in [0.1, 0.15) is 48.9 Å². The largest absolute Gasteiger partial charge is 0.468 e. The molecule has 0 amide bonds. The average molecular weight is 929 g/mol. The van der Waals surface area contributed by atoms with Crippen LogP contribution >= 0.6 is 0 Å². The Kier molecular flexibility index (Phi) is 15.9. The van der Waals surface area contributed by atoms with E-state index in [9.17, 15) is 4.79 Å². The van der Waals surface area contributed by atoms with Gasteiger partial charge in [-0.2, -0.15) is 9.97 Å². The maximum absolute atomic E-state index is 17.8. The number of halogens is 2. The van der Waals surface area contributed by atoms with Crippen LogP contribution in [0.25, 0.3) is 32.9 Å². The molecule has 7 rings (SSSR count). The summed E-state index contributed by atoms with van der Waals surface area (Å²) < 4.78 is 62.9. The summed E-state index contributed by atoms with van der Waals surface area (Å²) in [6, 6.07) is 7.38. The molecule has 12 nitrogen and oxygen atoms in total. The van der Waals surface area contributed by atoms with Gasteiger partial charge >= 0.3 is 12.0 Å². The summed E-state index contributed by atoms with van der Waals surface area (Å²) in [5.74, 6) is 2.93. The molecule has 358 valence electrons. The van der Waals surface area contributed by atoms with E-state index in [1.54, 1.807) is 24.4 Å². The van der Waals surface area contributed by atoms with Crippen LogP contribution in [0.4, 0.5) is 14.6 Å². The van der Waals surface area contributed by atoms with E-state index in [0.29, 0.717) is 94.9 Å². The molecule has 0 aliphatic carbocycles. The van der Waals surface area contributed by atoms with E-state index in [-0.39, 0.29) is 48.0 Å². The fraction of sp³-hybridized carbons (Fsp3) is 0.608. The number of anilines is 1. The number of fused-ring (bicyclic) bond motifs is 4. The van der Waals surface area contributed by atoms with Crippen molar-refractivity contribution in [3.05, 3.63) is 47.7 Å². The van der Waals surface area contributed by atoms with Crippen LogP contribution in [0.15, 0.2) is 30.5 Å². The first-order chi connectivity index (χ1) is 31.5. The van der Waals surface area contributed by atoms with Gasteiger partial charge in [0, 0.05) is 68.6 Å². The van der Waals surface area contributed by atoms with Gasteiger partial charge in [-0.05, 0) is 99.6 Å². The topological polar surface area (TPSA) is 120 Å². The van der Waals surface area contributed by atoms with Gasteiger partial charge in [0.2, 0.25) is 0 Å². The monoisotopic (exact) mass is 929 g/mol. The second-order valence-corrected chi connectivity index (χ2v) is 25.8. The number of esters is 1. The van der Waals surface area contributed by atoms with Gasteiger partial charge in [0.05, 0.1) is 24.0 Å². The maximum Gasteiger partial charge on any atom is 0.319 e. The molecule has 4 aromatic rings. The normalized spacial score (nSPS) is 19.1. The molecule has 2 bridgehead atoms. The average Bonchev–Trinajstić information content (AvgIpc) is 3.86. The Labute approximate surface area is 390 Å². The second kappa shape index (κ2) is 21.2. The Balaban J connectivity index is 1.24. The Morgan fingerprint density at radius 1 is 0.970 bits per heavy atom. The van der Waals surface area contributed by atoms with E-state index in [4.69, 9.17) is 38.6 Å². The molecule has 0 radical (unpaired) electrons. The third-order valence-corrected chi connectivity index (χ3v) is 19.9. The molecule has 3 saturated heterocycles. The van der Waals surface area contributed by atoms with Crippen molar-refractivity contribution in [1.29, 1.82) is 0 Å². The summed E-state index contributed by atoms with van der Waals surface area (Å²) in [5.41, 5.74) is 4.77.